The van der Waals surface area contributed by atoms with Crippen LogP contribution >= 0.6 is 0 Å². The zero-order chi connectivity index (χ0) is 47.7. The van der Waals surface area contributed by atoms with E-state index in [0.717, 1.165) is 0 Å². The fraction of sp³-hybridized carbons (Fsp3) is 0. The summed E-state index contributed by atoms with van der Waals surface area (Å²) in [7, 11) is -8.64. The molecule has 0 radical (unpaired) electrons. The molecular formula is C52H38N4O10S2. The summed E-state index contributed by atoms with van der Waals surface area (Å²) in [6, 6.07) is 52.4. The lowest BCUT2D eigenvalue weighted by atomic mass is 10.0. The van der Waals surface area contributed by atoms with Crippen LogP contribution in [0.15, 0.2) is 216 Å². The quantitative estimate of drug-likeness (QED) is 0.0566. The van der Waals surface area contributed by atoms with Gasteiger partial charge in [0.2, 0.25) is 0 Å². The molecule has 0 unspecified atom stereocenters. The predicted molar refractivity (Wildman–Crippen MR) is 258 cm³/mol. The molecule has 0 aliphatic heterocycles. The number of nitrogens with one attached hydrogen (secondary N) is 4. The number of amides is 4. The standard InChI is InChI=1S/C52H38N4O10S2/c57-49(37-9-3-1-4-10-37)39-17-25-41(26-18-39)53-51(59)55-43-13-7-15-45(33-43)65-67(61,62)47-29-21-35(22-30-47)36-23-31-48(32-24-36)68(63,64)66-46-16-8-14-44(34-46)56-52(60)54-42-27-19-40(20-28-42)50(58)38-11-5-2-6-12-38/h1-34H,(H2,53,55,59)(H2,54,56,60). The van der Waals surface area contributed by atoms with Gasteiger partial charge < -0.3 is 29.6 Å². The predicted octanol–water partition coefficient (Wildman–Crippen LogP) is 10.6. The number of carbonyl (C=O) groups is 4. The third-order valence-electron chi connectivity index (χ3n) is 10.1. The first-order chi connectivity index (χ1) is 32.8. The van der Waals surface area contributed by atoms with Crippen LogP contribution < -0.4 is 29.6 Å². The first kappa shape index (κ1) is 45.7. The number of hydrogen-bond donors (Lipinski definition) is 4. The highest BCUT2D eigenvalue weighted by molar-refractivity contribution is 7.87. The van der Waals surface area contributed by atoms with Gasteiger partial charge in [0, 0.05) is 57.1 Å². The number of rotatable bonds is 15. The summed E-state index contributed by atoms with van der Waals surface area (Å²) in [6.07, 6.45) is 0. The number of anilines is 4. The second kappa shape index (κ2) is 20.1. The van der Waals surface area contributed by atoms with Crippen LogP contribution in [0.25, 0.3) is 11.1 Å². The molecule has 8 rings (SSSR count). The van der Waals surface area contributed by atoms with Gasteiger partial charge in [0.05, 0.1) is 0 Å². The minimum Gasteiger partial charge on any atom is -0.379 e. The zero-order valence-corrected chi connectivity index (χ0v) is 37.2. The van der Waals surface area contributed by atoms with Crippen LogP contribution in [0.5, 0.6) is 11.5 Å². The Balaban J connectivity index is 0.829. The van der Waals surface area contributed by atoms with Crippen LogP contribution in [0.4, 0.5) is 32.3 Å². The van der Waals surface area contributed by atoms with Crippen molar-refractivity contribution in [3.63, 3.8) is 0 Å². The van der Waals surface area contributed by atoms with E-state index in [1.165, 1.54) is 60.7 Å². The molecule has 0 spiro atoms. The van der Waals surface area contributed by atoms with Crippen LogP contribution in [0, 0.1) is 0 Å². The zero-order valence-electron chi connectivity index (χ0n) is 35.5. The van der Waals surface area contributed by atoms with Crippen molar-refractivity contribution in [2.24, 2.45) is 0 Å². The maximum atomic E-state index is 13.3. The smallest absolute Gasteiger partial charge is 0.339 e. The molecule has 0 saturated heterocycles. The maximum absolute atomic E-state index is 13.3. The van der Waals surface area contributed by atoms with Gasteiger partial charge in [0.15, 0.2) is 11.6 Å². The van der Waals surface area contributed by atoms with Crippen molar-refractivity contribution in [2.75, 3.05) is 21.3 Å². The fourth-order valence-corrected chi connectivity index (χ4v) is 8.58. The van der Waals surface area contributed by atoms with Gasteiger partial charge in [-0.1, -0.05) is 97.1 Å². The van der Waals surface area contributed by atoms with Crippen molar-refractivity contribution < 1.29 is 44.4 Å². The van der Waals surface area contributed by atoms with Crippen LogP contribution in [0.3, 0.4) is 0 Å². The van der Waals surface area contributed by atoms with Crippen molar-refractivity contribution in [3.05, 3.63) is 229 Å². The van der Waals surface area contributed by atoms with Gasteiger partial charge in [0.25, 0.3) is 0 Å². The Kier molecular flexibility index (Phi) is 13.5. The Morgan fingerprint density at radius 3 is 1.00 bits per heavy atom. The minimum absolute atomic E-state index is 0.0554. The molecule has 0 saturated carbocycles. The summed E-state index contributed by atoms with van der Waals surface area (Å²) in [5.74, 6) is -0.419. The molecule has 68 heavy (non-hydrogen) atoms. The fourth-order valence-electron chi connectivity index (χ4n) is 6.74. The van der Waals surface area contributed by atoms with E-state index in [1.807, 2.05) is 12.1 Å². The molecule has 0 bridgehead atoms. The van der Waals surface area contributed by atoms with Crippen molar-refractivity contribution in [2.45, 2.75) is 9.79 Å². The van der Waals surface area contributed by atoms with Gasteiger partial charge in [-0.25, -0.2) is 9.59 Å². The molecule has 14 nitrogen and oxygen atoms in total. The Morgan fingerprint density at radius 2 is 0.647 bits per heavy atom. The Labute approximate surface area is 391 Å². The number of carbonyl (C=O) groups excluding carboxylic acids is 4. The molecule has 4 N–H and O–H groups in total. The van der Waals surface area contributed by atoms with Gasteiger partial charge >= 0.3 is 32.3 Å². The summed E-state index contributed by atoms with van der Waals surface area (Å²) < 4.78 is 63.8. The number of hydrogen-bond acceptors (Lipinski definition) is 10. The maximum Gasteiger partial charge on any atom is 0.339 e. The van der Waals surface area contributed by atoms with E-state index in [9.17, 15) is 36.0 Å². The van der Waals surface area contributed by atoms with Crippen molar-refractivity contribution in [1.82, 2.24) is 0 Å². The molecule has 8 aromatic carbocycles. The van der Waals surface area contributed by atoms with E-state index in [-0.39, 0.29) is 44.2 Å². The number of urea groups is 2. The molecule has 4 amide bonds. The van der Waals surface area contributed by atoms with Crippen LogP contribution in [-0.2, 0) is 20.2 Å². The van der Waals surface area contributed by atoms with E-state index in [1.54, 1.807) is 133 Å². The molecule has 8 aromatic rings. The van der Waals surface area contributed by atoms with E-state index >= 15 is 0 Å². The lowest BCUT2D eigenvalue weighted by Gasteiger charge is -2.12. The third-order valence-corrected chi connectivity index (χ3v) is 12.6. The van der Waals surface area contributed by atoms with Crippen molar-refractivity contribution in [1.29, 1.82) is 0 Å². The van der Waals surface area contributed by atoms with Crippen LogP contribution in [-0.4, -0.2) is 40.5 Å². The molecule has 0 aliphatic carbocycles. The second-order valence-electron chi connectivity index (χ2n) is 14.9. The largest absolute Gasteiger partial charge is 0.379 e. The summed E-state index contributed by atoms with van der Waals surface area (Å²) in [4.78, 5) is 50.6. The Morgan fingerprint density at radius 1 is 0.324 bits per heavy atom. The molecule has 0 heterocycles. The molecule has 16 heteroatoms. The van der Waals surface area contributed by atoms with Crippen LogP contribution in [0.1, 0.15) is 31.8 Å². The average Bonchev–Trinajstić information content (AvgIpc) is 3.34. The van der Waals surface area contributed by atoms with Gasteiger partial charge in [-0.2, -0.15) is 16.8 Å². The summed E-state index contributed by atoms with van der Waals surface area (Å²) in [5, 5.41) is 10.6. The molecule has 0 aliphatic rings. The van der Waals surface area contributed by atoms with Gasteiger partial charge in [0.1, 0.15) is 21.3 Å². The van der Waals surface area contributed by atoms with Gasteiger partial charge in [-0.3, -0.25) is 9.59 Å². The number of benzene rings is 8. The average molecular weight is 943 g/mol. The first-order valence-corrected chi connectivity index (χ1v) is 23.4. The summed E-state index contributed by atoms with van der Waals surface area (Å²) in [6.45, 7) is 0. The van der Waals surface area contributed by atoms with E-state index in [2.05, 4.69) is 21.3 Å². The Hall–Kier alpha value is -8.86. The van der Waals surface area contributed by atoms with Crippen molar-refractivity contribution >= 4 is 66.6 Å². The summed E-state index contributed by atoms with van der Waals surface area (Å²) in [5.41, 5.74) is 4.52. The molecule has 0 fully saturated rings. The first-order valence-electron chi connectivity index (χ1n) is 20.6. The normalized spacial score (nSPS) is 11.1. The van der Waals surface area contributed by atoms with Crippen molar-refractivity contribution in [3.8, 4) is 22.6 Å². The minimum atomic E-state index is -4.32. The highest BCUT2D eigenvalue weighted by Crippen LogP contribution is 2.28. The molecule has 0 aromatic heterocycles. The van der Waals surface area contributed by atoms with Crippen LogP contribution in [0.2, 0.25) is 0 Å². The van der Waals surface area contributed by atoms with E-state index in [0.29, 0.717) is 44.8 Å². The van der Waals surface area contributed by atoms with Gasteiger partial charge in [-0.15, -0.1) is 0 Å². The highest BCUT2D eigenvalue weighted by Gasteiger charge is 2.20. The Bertz CT molecular complexity index is 3130. The van der Waals surface area contributed by atoms with Gasteiger partial charge in [-0.05, 0) is 108 Å². The summed E-state index contributed by atoms with van der Waals surface area (Å²) >= 11 is 0. The second-order valence-corrected chi connectivity index (χ2v) is 18.0. The lowest BCUT2D eigenvalue weighted by molar-refractivity contribution is 0.103. The monoisotopic (exact) mass is 942 g/mol. The lowest BCUT2D eigenvalue weighted by Crippen LogP contribution is -2.19. The molecular weight excluding hydrogens is 905 g/mol. The number of ketones is 2. The topological polar surface area (TPSA) is 203 Å². The van der Waals surface area contributed by atoms with E-state index < -0.39 is 32.3 Å². The highest BCUT2D eigenvalue weighted by atomic mass is 32.2. The molecule has 0 atom stereocenters. The third kappa shape index (κ3) is 11.5. The SMILES string of the molecule is O=C(Nc1ccc(C(=O)c2ccccc2)cc1)Nc1cccc(OS(=O)(=O)c2ccc(-c3ccc(S(=O)(=O)Oc4cccc(NC(=O)Nc5ccc(C(=O)c6ccccc6)cc5)c4)cc3)cc2)c1. The van der Waals surface area contributed by atoms with E-state index in [4.69, 9.17) is 8.37 Å². The molecule has 338 valence electrons.